The predicted octanol–water partition coefficient (Wildman–Crippen LogP) is 2.48. The lowest BCUT2D eigenvalue weighted by molar-refractivity contribution is 0.269. The van der Waals surface area contributed by atoms with Crippen LogP contribution >= 0.6 is 0 Å². The van der Waals surface area contributed by atoms with Gasteiger partial charge in [-0.1, -0.05) is 36.4 Å². The fourth-order valence-corrected chi connectivity index (χ4v) is 2.03. The molecule has 16 heavy (non-hydrogen) atoms. The molecule has 0 aliphatic carbocycles. The fraction of sp³-hybridized carbons (Fsp3) is 0.286. The van der Waals surface area contributed by atoms with E-state index in [0.29, 0.717) is 0 Å². The van der Waals surface area contributed by atoms with E-state index in [-0.39, 0.29) is 12.6 Å². The Hall–Kier alpha value is -1.38. The number of benzene rings is 2. The van der Waals surface area contributed by atoms with Crippen molar-refractivity contribution in [2.75, 3.05) is 13.7 Å². The molecule has 0 fully saturated rings. The zero-order valence-corrected chi connectivity index (χ0v) is 9.48. The molecular formula is C14H17NO. The summed E-state index contributed by atoms with van der Waals surface area (Å²) in [5.74, 6) is 0. The Kier molecular flexibility index (Phi) is 3.54. The first-order valence-electron chi connectivity index (χ1n) is 5.62. The fourth-order valence-electron chi connectivity index (χ4n) is 2.03. The van der Waals surface area contributed by atoms with E-state index < -0.39 is 0 Å². The van der Waals surface area contributed by atoms with Gasteiger partial charge in [-0.15, -0.1) is 0 Å². The summed E-state index contributed by atoms with van der Waals surface area (Å²) in [7, 11) is 1.93. The molecule has 84 valence electrons. The van der Waals surface area contributed by atoms with Crippen LogP contribution < -0.4 is 5.32 Å². The third-order valence-corrected chi connectivity index (χ3v) is 2.94. The second-order valence-corrected chi connectivity index (χ2v) is 3.96. The van der Waals surface area contributed by atoms with E-state index in [1.54, 1.807) is 0 Å². The van der Waals surface area contributed by atoms with Crippen molar-refractivity contribution in [2.24, 2.45) is 0 Å². The van der Waals surface area contributed by atoms with E-state index in [1.165, 1.54) is 16.3 Å². The second kappa shape index (κ2) is 5.10. The molecule has 2 nitrogen and oxygen atoms in total. The monoisotopic (exact) mass is 215 g/mol. The quantitative estimate of drug-likeness (QED) is 0.821. The van der Waals surface area contributed by atoms with Gasteiger partial charge in [-0.3, -0.25) is 0 Å². The molecule has 0 aromatic heterocycles. The zero-order valence-electron chi connectivity index (χ0n) is 9.48. The minimum atomic E-state index is 0.207. The van der Waals surface area contributed by atoms with Gasteiger partial charge in [0.25, 0.3) is 0 Å². The predicted molar refractivity (Wildman–Crippen MR) is 67.5 cm³/mol. The van der Waals surface area contributed by atoms with E-state index in [9.17, 15) is 0 Å². The normalized spacial score (nSPS) is 12.9. The number of aliphatic hydroxyl groups excluding tert-OH is 1. The van der Waals surface area contributed by atoms with Crippen LogP contribution in [0.4, 0.5) is 0 Å². The van der Waals surface area contributed by atoms with Crippen molar-refractivity contribution in [1.82, 2.24) is 5.32 Å². The van der Waals surface area contributed by atoms with Crippen molar-refractivity contribution in [3.63, 3.8) is 0 Å². The van der Waals surface area contributed by atoms with Crippen LogP contribution in [0.3, 0.4) is 0 Å². The first-order chi connectivity index (χ1) is 7.85. The van der Waals surface area contributed by atoms with E-state index in [0.717, 1.165) is 6.42 Å². The standard InChI is InChI=1S/C14H17NO/c1-15-14(8-9-16)13-7-6-11-4-2-3-5-12(11)10-13/h2-7,10,14-16H,8-9H2,1H3/t14-/m1/s1. The Morgan fingerprint density at radius 2 is 1.88 bits per heavy atom. The Morgan fingerprint density at radius 1 is 1.12 bits per heavy atom. The van der Waals surface area contributed by atoms with Crippen LogP contribution in [0.25, 0.3) is 10.8 Å². The van der Waals surface area contributed by atoms with Gasteiger partial charge in [0, 0.05) is 12.6 Å². The molecule has 2 heteroatoms. The Balaban J connectivity index is 2.37. The molecular weight excluding hydrogens is 198 g/mol. The van der Waals surface area contributed by atoms with Gasteiger partial charge < -0.3 is 10.4 Å². The van der Waals surface area contributed by atoms with Crippen molar-refractivity contribution < 1.29 is 5.11 Å². The molecule has 1 atom stereocenters. The molecule has 2 rings (SSSR count). The summed E-state index contributed by atoms with van der Waals surface area (Å²) in [6, 6.07) is 15.0. The number of fused-ring (bicyclic) bond motifs is 1. The van der Waals surface area contributed by atoms with Crippen LogP contribution in [0.5, 0.6) is 0 Å². The van der Waals surface area contributed by atoms with Gasteiger partial charge >= 0.3 is 0 Å². The lowest BCUT2D eigenvalue weighted by Crippen LogP contribution is -2.17. The van der Waals surface area contributed by atoms with Crippen molar-refractivity contribution in [3.8, 4) is 0 Å². The summed E-state index contributed by atoms with van der Waals surface area (Å²) in [6.45, 7) is 0.207. The van der Waals surface area contributed by atoms with Crippen molar-refractivity contribution in [1.29, 1.82) is 0 Å². The van der Waals surface area contributed by atoms with Crippen LogP contribution in [-0.4, -0.2) is 18.8 Å². The summed E-state index contributed by atoms with van der Waals surface area (Å²) >= 11 is 0. The van der Waals surface area contributed by atoms with Crippen LogP contribution in [-0.2, 0) is 0 Å². The summed E-state index contributed by atoms with van der Waals surface area (Å²) in [4.78, 5) is 0. The molecule has 0 heterocycles. The number of hydrogen-bond donors (Lipinski definition) is 2. The third kappa shape index (κ3) is 2.23. The van der Waals surface area contributed by atoms with E-state index in [4.69, 9.17) is 5.11 Å². The summed E-state index contributed by atoms with van der Waals surface area (Å²) < 4.78 is 0. The number of rotatable bonds is 4. The van der Waals surface area contributed by atoms with E-state index in [2.05, 4.69) is 35.6 Å². The highest BCUT2D eigenvalue weighted by Crippen LogP contribution is 2.21. The minimum absolute atomic E-state index is 0.207. The molecule has 0 radical (unpaired) electrons. The largest absolute Gasteiger partial charge is 0.396 e. The Morgan fingerprint density at radius 3 is 2.56 bits per heavy atom. The zero-order chi connectivity index (χ0) is 11.4. The average Bonchev–Trinajstić information content (AvgIpc) is 2.35. The Labute approximate surface area is 95.9 Å². The highest BCUT2D eigenvalue weighted by molar-refractivity contribution is 5.83. The average molecular weight is 215 g/mol. The molecule has 0 saturated carbocycles. The maximum Gasteiger partial charge on any atom is 0.0449 e. The molecule has 2 N–H and O–H groups in total. The van der Waals surface area contributed by atoms with Gasteiger partial charge in [-0.05, 0) is 35.9 Å². The van der Waals surface area contributed by atoms with Gasteiger partial charge in [0.1, 0.15) is 0 Å². The molecule has 0 spiro atoms. The van der Waals surface area contributed by atoms with Crippen LogP contribution in [0, 0.1) is 0 Å². The lowest BCUT2D eigenvalue weighted by atomic mass is 10.0. The Bertz CT molecular complexity index is 467. The number of hydrogen-bond acceptors (Lipinski definition) is 2. The SMILES string of the molecule is CN[C@H](CCO)c1ccc2ccccc2c1. The van der Waals surface area contributed by atoms with Crippen LogP contribution in [0.1, 0.15) is 18.0 Å². The van der Waals surface area contributed by atoms with Crippen LogP contribution in [0.15, 0.2) is 42.5 Å². The van der Waals surface area contributed by atoms with Gasteiger partial charge in [0.05, 0.1) is 0 Å². The third-order valence-electron chi connectivity index (χ3n) is 2.94. The number of nitrogens with one attached hydrogen (secondary N) is 1. The van der Waals surface area contributed by atoms with Gasteiger partial charge in [0.15, 0.2) is 0 Å². The summed E-state index contributed by atoms with van der Waals surface area (Å²) in [6.07, 6.45) is 0.745. The van der Waals surface area contributed by atoms with Crippen molar-refractivity contribution in [2.45, 2.75) is 12.5 Å². The van der Waals surface area contributed by atoms with Crippen molar-refractivity contribution in [3.05, 3.63) is 48.0 Å². The molecule has 2 aromatic rings. The first kappa shape index (κ1) is 11.1. The van der Waals surface area contributed by atoms with Gasteiger partial charge in [-0.2, -0.15) is 0 Å². The lowest BCUT2D eigenvalue weighted by Gasteiger charge is -2.15. The minimum Gasteiger partial charge on any atom is -0.396 e. The molecule has 0 amide bonds. The molecule has 0 bridgehead atoms. The molecule has 0 aliphatic heterocycles. The highest BCUT2D eigenvalue weighted by Gasteiger charge is 2.08. The highest BCUT2D eigenvalue weighted by atomic mass is 16.3. The first-order valence-corrected chi connectivity index (χ1v) is 5.62. The smallest absolute Gasteiger partial charge is 0.0449 e. The molecule has 2 aromatic carbocycles. The molecule has 0 aliphatic rings. The van der Waals surface area contributed by atoms with E-state index >= 15 is 0 Å². The topological polar surface area (TPSA) is 32.3 Å². The van der Waals surface area contributed by atoms with Crippen molar-refractivity contribution >= 4 is 10.8 Å². The van der Waals surface area contributed by atoms with Gasteiger partial charge in [-0.25, -0.2) is 0 Å². The summed E-state index contributed by atoms with van der Waals surface area (Å²) in [5, 5.41) is 14.7. The second-order valence-electron chi connectivity index (χ2n) is 3.96. The van der Waals surface area contributed by atoms with Gasteiger partial charge in [0.2, 0.25) is 0 Å². The van der Waals surface area contributed by atoms with Crippen LogP contribution in [0.2, 0.25) is 0 Å². The molecule has 0 saturated heterocycles. The number of aliphatic hydroxyl groups is 1. The maximum absolute atomic E-state index is 9.00. The summed E-state index contributed by atoms with van der Waals surface area (Å²) in [5.41, 5.74) is 1.23. The van der Waals surface area contributed by atoms with E-state index in [1.807, 2.05) is 19.2 Å². The molecule has 0 unspecified atom stereocenters. The maximum atomic E-state index is 9.00.